The lowest BCUT2D eigenvalue weighted by atomic mass is 10.2. The Morgan fingerprint density at radius 1 is 1.17 bits per heavy atom. The molecule has 7 heteroatoms. The van der Waals surface area contributed by atoms with Crippen molar-refractivity contribution in [3.63, 3.8) is 0 Å². The molecule has 5 nitrogen and oxygen atoms in total. The van der Waals surface area contributed by atoms with Crippen molar-refractivity contribution in [3.8, 4) is 0 Å². The van der Waals surface area contributed by atoms with Gasteiger partial charge in [0.25, 0.3) is 0 Å². The summed E-state index contributed by atoms with van der Waals surface area (Å²) in [5.74, 6) is 2.26. The Morgan fingerprint density at radius 3 is 2.71 bits per heavy atom. The van der Waals surface area contributed by atoms with E-state index in [9.17, 15) is 0 Å². The van der Waals surface area contributed by atoms with Gasteiger partial charge < -0.3 is 4.52 Å². The molecule has 0 aliphatic carbocycles. The van der Waals surface area contributed by atoms with Crippen molar-refractivity contribution in [3.05, 3.63) is 28.0 Å². The van der Waals surface area contributed by atoms with Gasteiger partial charge >= 0.3 is 0 Å². The van der Waals surface area contributed by atoms with E-state index in [1.54, 1.807) is 23.1 Å². The van der Waals surface area contributed by atoms with Crippen molar-refractivity contribution in [2.45, 2.75) is 64.2 Å². The summed E-state index contributed by atoms with van der Waals surface area (Å²) < 4.78 is 5.45. The first-order valence-corrected chi connectivity index (χ1v) is 9.92. The Balaban J connectivity index is 1.87. The zero-order valence-corrected chi connectivity index (χ0v) is 16.3. The van der Waals surface area contributed by atoms with Crippen molar-refractivity contribution >= 4 is 33.3 Å². The third-order valence-electron chi connectivity index (χ3n) is 3.98. The van der Waals surface area contributed by atoms with Crippen LogP contribution in [0.5, 0.6) is 0 Å². The van der Waals surface area contributed by atoms with Crippen LogP contribution in [0, 0.1) is 20.8 Å². The van der Waals surface area contributed by atoms with E-state index in [2.05, 4.69) is 47.8 Å². The first-order valence-electron chi connectivity index (χ1n) is 8.23. The Hall–Kier alpha value is -1.47. The number of nitrogens with zero attached hydrogens (tertiary/aromatic N) is 4. The van der Waals surface area contributed by atoms with E-state index in [0.717, 1.165) is 46.2 Å². The minimum atomic E-state index is 0.0602. The molecule has 3 rings (SSSR count). The fourth-order valence-corrected chi connectivity index (χ4v) is 4.71. The molecule has 0 amide bonds. The molecule has 128 valence electrons. The largest absolute Gasteiger partial charge is 0.338 e. The number of thioether (sulfide) groups is 1. The maximum atomic E-state index is 5.45. The zero-order chi connectivity index (χ0) is 17.3. The van der Waals surface area contributed by atoms with Gasteiger partial charge in [-0.05, 0) is 39.7 Å². The summed E-state index contributed by atoms with van der Waals surface area (Å²) in [4.78, 5) is 16.1. The van der Waals surface area contributed by atoms with Crippen LogP contribution in [0.15, 0.2) is 9.55 Å². The normalized spacial score (nSPS) is 12.9. The second kappa shape index (κ2) is 7.19. The molecule has 0 bridgehead atoms. The van der Waals surface area contributed by atoms with Crippen LogP contribution in [-0.2, 0) is 6.42 Å². The van der Waals surface area contributed by atoms with Crippen molar-refractivity contribution in [1.29, 1.82) is 0 Å². The van der Waals surface area contributed by atoms with Gasteiger partial charge in [-0.1, -0.05) is 30.3 Å². The maximum Gasteiger partial charge on any atom is 0.239 e. The van der Waals surface area contributed by atoms with E-state index in [-0.39, 0.29) is 5.25 Å². The molecule has 0 aliphatic rings. The lowest BCUT2D eigenvalue weighted by molar-refractivity contribution is 0.374. The van der Waals surface area contributed by atoms with Crippen LogP contribution in [0.1, 0.15) is 59.9 Å². The highest BCUT2D eigenvalue weighted by molar-refractivity contribution is 7.99. The van der Waals surface area contributed by atoms with Crippen LogP contribution >= 0.6 is 23.1 Å². The summed E-state index contributed by atoms with van der Waals surface area (Å²) in [5.41, 5.74) is 1.26. The smallest absolute Gasteiger partial charge is 0.239 e. The van der Waals surface area contributed by atoms with E-state index < -0.39 is 0 Å². The standard InChI is InChI=1S/C17H22N4OS2/c1-6-7-8-13-20-15(22-21-13)11(4)24-17-14-9(2)10(3)23-16(14)18-12(5)19-17/h11H,6-8H2,1-5H3. The fourth-order valence-electron chi connectivity index (χ4n) is 2.49. The molecular formula is C17H22N4OS2. The molecule has 1 atom stereocenters. The number of thiophene rings is 1. The van der Waals surface area contributed by atoms with Crippen molar-refractivity contribution in [1.82, 2.24) is 20.1 Å². The van der Waals surface area contributed by atoms with Crippen molar-refractivity contribution in [2.75, 3.05) is 0 Å². The number of hydrogen-bond donors (Lipinski definition) is 0. The summed E-state index contributed by atoms with van der Waals surface area (Å²) >= 11 is 3.39. The van der Waals surface area contributed by atoms with Crippen LogP contribution in [0.4, 0.5) is 0 Å². The lowest BCUT2D eigenvalue weighted by Crippen LogP contribution is -1.95. The molecule has 0 aliphatic heterocycles. The van der Waals surface area contributed by atoms with Gasteiger partial charge in [0.2, 0.25) is 5.89 Å². The number of hydrogen-bond acceptors (Lipinski definition) is 7. The molecule has 24 heavy (non-hydrogen) atoms. The van der Waals surface area contributed by atoms with Crippen LogP contribution in [0.25, 0.3) is 10.2 Å². The Labute approximate surface area is 150 Å². The fraction of sp³-hybridized carbons (Fsp3) is 0.529. The van der Waals surface area contributed by atoms with E-state index in [0.29, 0.717) is 5.89 Å². The van der Waals surface area contributed by atoms with Gasteiger partial charge in [0.05, 0.1) is 5.25 Å². The van der Waals surface area contributed by atoms with Gasteiger partial charge in [-0.25, -0.2) is 9.97 Å². The molecule has 3 aromatic heterocycles. The summed E-state index contributed by atoms with van der Waals surface area (Å²) in [6.45, 7) is 10.4. The Morgan fingerprint density at radius 2 is 1.96 bits per heavy atom. The minimum absolute atomic E-state index is 0.0602. The molecule has 0 spiro atoms. The van der Waals surface area contributed by atoms with E-state index in [1.807, 2.05) is 6.92 Å². The number of aromatic nitrogens is 4. The average molecular weight is 363 g/mol. The van der Waals surface area contributed by atoms with Gasteiger partial charge in [0.1, 0.15) is 15.7 Å². The van der Waals surface area contributed by atoms with Crippen LogP contribution in [0.3, 0.4) is 0 Å². The SMILES string of the molecule is CCCCc1noc(C(C)Sc2nc(C)nc3sc(C)c(C)c23)n1. The average Bonchev–Trinajstić information content (AvgIpc) is 3.11. The minimum Gasteiger partial charge on any atom is -0.338 e. The van der Waals surface area contributed by atoms with Crippen LogP contribution in [-0.4, -0.2) is 20.1 Å². The molecular weight excluding hydrogens is 340 g/mol. The van der Waals surface area contributed by atoms with E-state index >= 15 is 0 Å². The summed E-state index contributed by atoms with van der Waals surface area (Å²) in [7, 11) is 0. The van der Waals surface area contributed by atoms with Gasteiger partial charge in [0, 0.05) is 16.7 Å². The highest BCUT2D eigenvalue weighted by atomic mass is 32.2. The summed E-state index contributed by atoms with van der Waals surface area (Å²) in [5, 5.41) is 6.31. The van der Waals surface area contributed by atoms with Gasteiger partial charge in [-0.3, -0.25) is 0 Å². The number of aryl methyl sites for hydroxylation is 4. The monoisotopic (exact) mass is 362 g/mol. The second-order valence-corrected chi connectivity index (χ2v) is 8.48. The van der Waals surface area contributed by atoms with Crippen LogP contribution < -0.4 is 0 Å². The Kier molecular flexibility index (Phi) is 5.20. The van der Waals surface area contributed by atoms with Crippen molar-refractivity contribution in [2.24, 2.45) is 0 Å². The zero-order valence-electron chi connectivity index (χ0n) is 14.7. The number of unbranched alkanes of at least 4 members (excludes halogenated alkanes) is 1. The third-order valence-corrected chi connectivity index (χ3v) is 6.16. The molecule has 0 N–H and O–H groups in total. The highest BCUT2D eigenvalue weighted by Crippen LogP contribution is 2.40. The second-order valence-electron chi connectivity index (χ2n) is 5.95. The molecule has 1 unspecified atom stereocenters. The predicted molar refractivity (Wildman–Crippen MR) is 98.8 cm³/mol. The van der Waals surface area contributed by atoms with Crippen LogP contribution in [0.2, 0.25) is 0 Å². The van der Waals surface area contributed by atoms with Gasteiger partial charge in [-0.2, -0.15) is 4.98 Å². The maximum absolute atomic E-state index is 5.45. The van der Waals surface area contributed by atoms with E-state index in [4.69, 9.17) is 4.52 Å². The molecule has 0 radical (unpaired) electrons. The van der Waals surface area contributed by atoms with Crippen molar-refractivity contribution < 1.29 is 4.52 Å². The molecule has 3 aromatic rings. The Bertz CT molecular complexity index is 856. The summed E-state index contributed by atoms with van der Waals surface area (Å²) in [6, 6.07) is 0. The quantitative estimate of drug-likeness (QED) is 0.444. The van der Waals surface area contributed by atoms with Gasteiger partial charge in [-0.15, -0.1) is 11.3 Å². The lowest BCUT2D eigenvalue weighted by Gasteiger charge is -2.08. The third kappa shape index (κ3) is 3.47. The molecule has 0 aromatic carbocycles. The molecule has 0 saturated heterocycles. The highest BCUT2D eigenvalue weighted by Gasteiger charge is 2.20. The summed E-state index contributed by atoms with van der Waals surface area (Å²) in [6.07, 6.45) is 3.08. The van der Waals surface area contributed by atoms with Gasteiger partial charge in [0.15, 0.2) is 5.82 Å². The molecule has 0 saturated carbocycles. The topological polar surface area (TPSA) is 64.7 Å². The number of fused-ring (bicyclic) bond motifs is 1. The molecule has 3 heterocycles. The van der Waals surface area contributed by atoms with E-state index in [1.165, 1.54) is 10.4 Å². The number of rotatable bonds is 6. The predicted octanol–water partition coefficient (Wildman–Crippen LogP) is 5.20. The first-order chi connectivity index (χ1) is 11.5. The molecule has 0 fully saturated rings. The first kappa shape index (κ1) is 17.4.